The molecule has 6 heteroatoms. The van der Waals surface area contributed by atoms with Gasteiger partial charge >= 0.3 is 0 Å². The monoisotopic (exact) mass is 707 g/mol. The fourth-order valence-electron chi connectivity index (χ4n) is 8.41. The summed E-state index contributed by atoms with van der Waals surface area (Å²) in [6, 6.07) is 60.9. The fraction of sp³-hybridized carbons (Fsp3) is 0. The molecule has 0 bridgehead atoms. The third-order valence-electron chi connectivity index (χ3n) is 10.8. The van der Waals surface area contributed by atoms with Gasteiger partial charge in [-0.05, 0) is 91.0 Å². The number of anilines is 3. The van der Waals surface area contributed by atoms with Crippen LogP contribution in [0.1, 0.15) is 0 Å². The SMILES string of the molecule is c1ccc(-c2nc3c(ccc4oc5ccc(N(c6ccc7c(c6)oc6ccccc67)c6cccc7c6c6ccccc6n7-c6ccccc6)cc5c43)o2)cc1. The maximum atomic E-state index is 6.47. The Kier molecular flexibility index (Phi) is 6.24. The minimum absolute atomic E-state index is 0.579. The van der Waals surface area contributed by atoms with Gasteiger partial charge in [-0.25, -0.2) is 4.98 Å². The van der Waals surface area contributed by atoms with Crippen molar-refractivity contribution in [1.82, 2.24) is 9.55 Å². The molecule has 0 spiro atoms. The lowest BCUT2D eigenvalue weighted by atomic mass is 10.1. The van der Waals surface area contributed by atoms with E-state index in [0.717, 1.165) is 94.1 Å². The first-order chi connectivity index (χ1) is 27.3. The number of oxazole rings is 1. The standard InChI is InChI=1S/C49H29N3O3/c1-3-12-30(13-4-1)49-50-48-44(55-49)27-26-43-47(48)37-28-32(23-25-42(37)53-43)51(33-22-24-35-34-16-8-10-21-41(34)54-45(35)29-33)39-19-11-20-40-46(39)36-17-7-9-18-38(36)52(40)31-14-5-2-6-15-31/h1-29H. The first-order valence-corrected chi connectivity index (χ1v) is 18.4. The first kappa shape index (κ1) is 29.9. The molecule has 0 saturated heterocycles. The third-order valence-corrected chi connectivity index (χ3v) is 10.8. The van der Waals surface area contributed by atoms with Gasteiger partial charge in [-0.3, -0.25) is 0 Å². The number of rotatable bonds is 5. The van der Waals surface area contributed by atoms with Gasteiger partial charge in [-0.1, -0.05) is 78.9 Å². The predicted molar refractivity (Wildman–Crippen MR) is 223 cm³/mol. The highest BCUT2D eigenvalue weighted by Crippen LogP contribution is 2.46. The van der Waals surface area contributed by atoms with Crippen molar-refractivity contribution in [1.29, 1.82) is 0 Å². The van der Waals surface area contributed by atoms with Gasteiger partial charge in [0, 0.05) is 55.6 Å². The lowest BCUT2D eigenvalue weighted by Crippen LogP contribution is -2.10. The molecule has 4 heterocycles. The van der Waals surface area contributed by atoms with Gasteiger partial charge in [0.05, 0.1) is 22.1 Å². The highest BCUT2D eigenvalue weighted by molar-refractivity contribution is 6.19. The van der Waals surface area contributed by atoms with E-state index in [-0.39, 0.29) is 0 Å². The second-order valence-corrected chi connectivity index (χ2v) is 13.9. The van der Waals surface area contributed by atoms with Crippen LogP contribution in [0.4, 0.5) is 17.1 Å². The van der Waals surface area contributed by atoms with Crippen molar-refractivity contribution < 1.29 is 13.3 Å². The van der Waals surface area contributed by atoms with Crippen LogP contribution in [0.25, 0.3) is 93.9 Å². The van der Waals surface area contributed by atoms with E-state index in [0.29, 0.717) is 11.5 Å². The number of nitrogens with zero attached hydrogens (tertiary/aromatic N) is 3. The molecule has 6 nitrogen and oxygen atoms in total. The van der Waals surface area contributed by atoms with Gasteiger partial charge in [0.1, 0.15) is 27.8 Å². The van der Waals surface area contributed by atoms with Crippen LogP contribution in [0.15, 0.2) is 189 Å². The van der Waals surface area contributed by atoms with Crippen molar-refractivity contribution in [3.8, 4) is 17.1 Å². The quantitative estimate of drug-likeness (QED) is 0.178. The number of para-hydroxylation sites is 3. The van der Waals surface area contributed by atoms with E-state index < -0.39 is 0 Å². The molecule has 55 heavy (non-hydrogen) atoms. The second-order valence-electron chi connectivity index (χ2n) is 13.9. The molecule has 0 aliphatic carbocycles. The van der Waals surface area contributed by atoms with Crippen LogP contribution in [-0.4, -0.2) is 9.55 Å². The molecular formula is C49H29N3O3. The van der Waals surface area contributed by atoms with Crippen LogP contribution >= 0.6 is 0 Å². The third kappa shape index (κ3) is 4.46. The molecular weight excluding hydrogens is 679 g/mol. The summed E-state index contributed by atoms with van der Waals surface area (Å²) >= 11 is 0. The molecule has 0 saturated carbocycles. The zero-order valence-electron chi connectivity index (χ0n) is 29.3. The summed E-state index contributed by atoms with van der Waals surface area (Å²) in [5.41, 5.74) is 12.0. The van der Waals surface area contributed by atoms with Crippen molar-refractivity contribution in [2.45, 2.75) is 0 Å². The van der Waals surface area contributed by atoms with Gasteiger partial charge in [0.15, 0.2) is 5.58 Å². The van der Waals surface area contributed by atoms with Crippen LogP contribution in [-0.2, 0) is 0 Å². The lowest BCUT2D eigenvalue weighted by Gasteiger charge is -2.26. The van der Waals surface area contributed by atoms with Crippen molar-refractivity contribution in [3.63, 3.8) is 0 Å². The van der Waals surface area contributed by atoms with Crippen molar-refractivity contribution in [2.24, 2.45) is 0 Å². The Morgan fingerprint density at radius 2 is 1.07 bits per heavy atom. The zero-order valence-corrected chi connectivity index (χ0v) is 29.3. The Morgan fingerprint density at radius 1 is 0.418 bits per heavy atom. The summed E-state index contributed by atoms with van der Waals surface area (Å²) in [5, 5.41) is 6.37. The van der Waals surface area contributed by atoms with Crippen LogP contribution in [0, 0.1) is 0 Å². The molecule has 12 rings (SSSR count). The van der Waals surface area contributed by atoms with E-state index in [1.54, 1.807) is 0 Å². The van der Waals surface area contributed by atoms with E-state index in [1.807, 2.05) is 54.6 Å². The van der Waals surface area contributed by atoms with Gasteiger partial charge in [-0.15, -0.1) is 0 Å². The summed E-state index contributed by atoms with van der Waals surface area (Å²) in [7, 11) is 0. The van der Waals surface area contributed by atoms with E-state index >= 15 is 0 Å². The van der Waals surface area contributed by atoms with Crippen molar-refractivity contribution in [2.75, 3.05) is 4.90 Å². The highest BCUT2D eigenvalue weighted by atomic mass is 16.4. The maximum absolute atomic E-state index is 6.47. The normalized spacial score (nSPS) is 12.0. The van der Waals surface area contributed by atoms with Gasteiger partial charge < -0.3 is 22.7 Å². The maximum Gasteiger partial charge on any atom is 0.227 e. The molecule has 12 aromatic rings. The van der Waals surface area contributed by atoms with Crippen LogP contribution < -0.4 is 4.90 Å². The summed E-state index contributed by atoms with van der Waals surface area (Å²) in [5.74, 6) is 0.579. The number of hydrogen-bond acceptors (Lipinski definition) is 5. The van der Waals surface area contributed by atoms with E-state index in [2.05, 4.69) is 131 Å². The molecule has 0 atom stereocenters. The topological polar surface area (TPSA) is 60.5 Å². The van der Waals surface area contributed by atoms with Crippen LogP contribution in [0.3, 0.4) is 0 Å². The van der Waals surface area contributed by atoms with Gasteiger partial charge in [0.25, 0.3) is 0 Å². The Bertz CT molecular complexity index is 3440. The van der Waals surface area contributed by atoms with E-state index in [1.165, 1.54) is 5.39 Å². The molecule has 8 aromatic carbocycles. The minimum atomic E-state index is 0.579. The highest BCUT2D eigenvalue weighted by Gasteiger charge is 2.24. The number of fused-ring (bicyclic) bond motifs is 11. The van der Waals surface area contributed by atoms with Crippen LogP contribution in [0.5, 0.6) is 0 Å². The average molecular weight is 708 g/mol. The zero-order chi connectivity index (χ0) is 36.0. The molecule has 0 aliphatic heterocycles. The lowest BCUT2D eigenvalue weighted by molar-refractivity contribution is 0.619. The van der Waals surface area contributed by atoms with E-state index in [4.69, 9.17) is 18.2 Å². The molecule has 258 valence electrons. The largest absolute Gasteiger partial charge is 0.456 e. The minimum Gasteiger partial charge on any atom is -0.456 e. The summed E-state index contributed by atoms with van der Waals surface area (Å²) in [6.07, 6.45) is 0. The fourth-order valence-corrected chi connectivity index (χ4v) is 8.41. The summed E-state index contributed by atoms with van der Waals surface area (Å²) in [4.78, 5) is 7.37. The molecule has 0 N–H and O–H groups in total. The Labute approximate surface area is 313 Å². The molecule has 0 aliphatic rings. The molecule has 0 amide bonds. The molecule has 0 fully saturated rings. The Morgan fingerprint density at radius 3 is 1.96 bits per heavy atom. The number of aromatic nitrogens is 2. The second kappa shape index (κ2) is 11.5. The predicted octanol–water partition coefficient (Wildman–Crippen LogP) is 13.9. The van der Waals surface area contributed by atoms with Crippen LogP contribution in [0.2, 0.25) is 0 Å². The smallest absolute Gasteiger partial charge is 0.227 e. The molecule has 0 radical (unpaired) electrons. The number of benzene rings is 8. The van der Waals surface area contributed by atoms with Gasteiger partial charge in [0.2, 0.25) is 5.89 Å². The first-order valence-electron chi connectivity index (χ1n) is 18.4. The average Bonchev–Trinajstić information content (AvgIpc) is 4.01. The molecule has 0 unspecified atom stereocenters. The Hall–Kier alpha value is -7.57. The van der Waals surface area contributed by atoms with Crippen molar-refractivity contribution >= 4 is 93.8 Å². The number of furan rings is 2. The Balaban J connectivity index is 1.15. The summed E-state index contributed by atoms with van der Waals surface area (Å²) < 4.78 is 21.6. The van der Waals surface area contributed by atoms with E-state index in [9.17, 15) is 0 Å². The van der Waals surface area contributed by atoms with Crippen molar-refractivity contribution in [3.05, 3.63) is 176 Å². The van der Waals surface area contributed by atoms with Gasteiger partial charge in [-0.2, -0.15) is 0 Å². The summed E-state index contributed by atoms with van der Waals surface area (Å²) in [6.45, 7) is 0. The number of hydrogen-bond donors (Lipinski definition) is 0. The molecule has 4 aromatic heterocycles.